The molecule has 3 heterocycles. The molecule has 1 aliphatic heterocycles. The number of carbonyl (C=O) groups excluding carboxylic acids is 2. The van der Waals surface area contributed by atoms with Gasteiger partial charge in [0.1, 0.15) is 12.4 Å². The molecule has 1 aromatic carbocycles. The summed E-state index contributed by atoms with van der Waals surface area (Å²) in [5.41, 5.74) is 2.98. The van der Waals surface area contributed by atoms with Crippen LogP contribution in [0.3, 0.4) is 0 Å². The van der Waals surface area contributed by atoms with Crippen LogP contribution in [0.2, 0.25) is 0 Å². The predicted octanol–water partition coefficient (Wildman–Crippen LogP) is 1.19. The van der Waals surface area contributed by atoms with Gasteiger partial charge in [0, 0.05) is 38.5 Å². The van der Waals surface area contributed by atoms with E-state index >= 15 is 0 Å². The first-order chi connectivity index (χ1) is 15.4. The van der Waals surface area contributed by atoms with Gasteiger partial charge in [-0.15, -0.1) is 0 Å². The van der Waals surface area contributed by atoms with Gasteiger partial charge >= 0.3 is 0 Å². The van der Waals surface area contributed by atoms with E-state index in [9.17, 15) is 9.59 Å². The SMILES string of the molecule is COCC(=O)N[C@@H]1CN(C(=O)c2c(C)nn(C)c2C)C[C@H]1c1nc(-c2ccccc2)n[nH]1. The minimum Gasteiger partial charge on any atom is -0.375 e. The van der Waals surface area contributed by atoms with E-state index in [1.54, 1.807) is 9.58 Å². The Labute approximate surface area is 186 Å². The fourth-order valence-corrected chi connectivity index (χ4v) is 4.17. The molecule has 0 bridgehead atoms. The highest BCUT2D eigenvalue weighted by Crippen LogP contribution is 2.29. The third kappa shape index (κ3) is 4.13. The Morgan fingerprint density at radius 3 is 2.62 bits per heavy atom. The second-order valence-electron chi connectivity index (χ2n) is 8.00. The van der Waals surface area contributed by atoms with Crippen molar-refractivity contribution in [3.05, 3.63) is 53.1 Å². The highest BCUT2D eigenvalue weighted by molar-refractivity contribution is 5.96. The van der Waals surface area contributed by atoms with Crippen LogP contribution in [0.15, 0.2) is 30.3 Å². The second kappa shape index (κ2) is 8.91. The maximum Gasteiger partial charge on any atom is 0.257 e. The lowest BCUT2D eigenvalue weighted by Crippen LogP contribution is -2.42. The van der Waals surface area contributed by atoms with Gasteiger partial charge in [0.15, 0.2) is 5.82 Å². The number of likely N-dealkylation sites (tertiary alicyclic amines) is 1. The summed E-state index contributed by atoms with van der Waals surface area (Å²) in [7, 11) is 3.29. The van der Waals surface area contributed by atoms with Crippen molar-refractivity contribution in [2.45, 2.75) is 25.8 Å². The Morgan fingerprint density at radius 1 is 1.22 bits per heavy atom. The molecule has 10 nitrogen and oxygen atoms in total. The zero-order chi connectivity index (χ0) is 22.8. The van der Waals surface area contributed by atoms with Crippen LogP contribution in [0.1, 0.15) is 33.5 Å². The summed E-state index contributed by atoms with van der Waals surface area (Å²) in [6.07, 6.45) is 0. The van der Waals surface area contributed by atoms with Crippen LogP contribution < -0.4 is 5.32 Å². The molecule has 2 atom stereocenters. The molecule has 1 aliphatic rings. The van der Waals surface area contributed by atoms with Gasteiger partial charge in [-0.3, -0.25) is 19.4 Å². The number of nitrogens with one attached hydrogen (secondary N) is 2. The van der Waals surface area contributed by atoms with Gasteiger partial charge < -0.3 is 15.0 Å². The molecule has 0 unspecified atom stereocenters. The maximum atomic E-state index is 13.4. The summed E-state index contributed by atoms with van der Waals surface area (Å²) in [5, 5.41) is 14.7. The summed E-state index contributed by atoms with van der Waals surface area (Å²) in [6.45, 7) is 4.40. The second-order valence-corrected chi connectivity index (χ2v) is 8.00. The molecule has 168 valence electrons. The number of methoxy groups -OCH3 is 1. The number of ether oxygens (including phenoxy) is 1. The topological polar surface area (TPSA) is 118 Å². The van der Waals surface area contributed by atoms with Crippen molar-refractivity contribution in [2.24, 2.45) is 7.05 Å². The van der Waals surface area contributed by atoms with E-state index in [-0.39, 0.29) is 30.4 Å². The van der Waals surface area contributed by atoms with Crippen LogP contribution in [-0.4, -0.2) is 74.5 Å². The molecular weight excluding hydrogens is 410 g/mol. The summed E-state index contributed by atoms with van der Waals surface area (Å²) >= 11 is 0. The molecule has 32 heavy (non-hydrogen) atoms. The number of H-pyrrole nitrogens is 1. The van der Waals surface area contributed by atoms with Gasteiger partial charge in [-0.1, -0.05) is 30.3 Å². The van der Waals surface area contributed by atoms with E-state index in [4.69, 9.17) is 4.74 Å². The summed E-state index contributed by atoms with van der Waals surface area (Å²) < 4.78 is 6.66. The van der Waals surface area contributed by atoms with Crippen LogP contribution in [0, 0.1) is 13.8 Å². The van der Waals surface area contributed by atoms with E-state index in [0.29, 0.717) is 36.0 Å². The molecule has 0 aliphatic carbocycles. The number of nitrogens with zero attached hydrogens (tertiary/aromatic N) is 5. The fraction of sp³-hybridized carbons (Fsp3) is 0.409. The molecule has 3 aromatic rings. The number of carbonyl (C=O) groups is 2. The van der Waals surface area contributed by atoms with E-state index in [0.717, 1.165) is 11.3 Å². The molecule has 0 radical (unpaired) electrons. The molecular formula is C22H27N7O3. The van der Waals surface area contributed by atoms with Crippen LogP contribution >= 0.6 is 0 Å². The largest absolute Gasteiger partial charge is 0.375 e. The lowest BCUT2D eigenvalue weighted by atomic mass is 10.0. The molecule has 2 N–H and O–H groups in total. The zero-order valence-corrected chi connectivity index (χ0v) is 18.6. The van der Waals surface area contributed by atoms with Crippen LogP contribution in [0.25, 0.3) is 11.4 Å². The molecule has 2 amide bonds. The third-order valence-electron chi connectivity index (χ3n) is 5.84. The number of aryl methyl sites for hydroxylation is 2. The lowest BCUT2D eigenvalue weighted by Gasteiger charge is -2.18. The van der Waals surface area contributed by atoms with E-state index < -0.39 is 0 Å². The lowest BCUT2D eigenvalue weighted by molar-refractivity contribution is -0.125. The number of benzene rings is 1. The predicted molar refractivity (Wildman–Crippen MR) is 117 cm³/mol. The Balaban J connectivity index is 1.61. The highest BCUT2D eigenvalue weighted by Gasteiger charge is 2.40. The number of aromatic nitrogens is 5. The summed E-state index contributed by atoms with van der Waals surface area (Å²) in [4.78, 5) is 32.0. The molecule has 1 fully saturated rings. The minimum absolute atomic E-state index is 0.0519. The fourth-order valence-electron chi connectivity index (χ4n) is 4.17. The van der Waals surface area contributed by atoms with Crippen LogP contribution in [-0.2, 0) is 16.6 Å². The standard InChI is InChI=1S/C22H27N7O3/c1-13-19(14(2)28(3)27-13)22(31)29-10-16(17(11-29)23-18(30)12-32-4)21-24-20(25-26-21)15-8-6-5-7-9-15/h5-9,16-17H,10-12H2,1-4H3,(H,23,30)(H,24,25,26)/t16-,17-/m1/s1. The van der Waals surface area contributed by atoms with E-state index in [2.05, 4.69) is 25.6 Å². The quantitative estimate of drug-likeness (QED) is 0.598. The number of amides is 2. The molecule has 4 rings (SSSR count). The first kappa shape index (κ1) is 21.7. The Hall–Kier alpha value is -3.53. The van der Waals surface area contributed by atoms with E-state index in [1.807, 2.05) is 51.2 Å². The van der Waals surface area contributed by atoms with Crippen molar-refractivity contribution in [1.82, 2.24) is 35.2 Å². The minimum atomic E-state index is -0.324. The van der Waals surface area contributed by atoms with Gasteiger partial charge in [-0.05, 0) is 13.8 Å². The summed E-state index contributed by atoms with van der Waals surface area (Å²) in [6, 6.07) is 9.32. The van der Waals surface area contributed by atoms with Gasteiger partial charge in [-0.2, -0.15) is 10.2 Å². The highest BCUT2D eigenvalue weighted by atomic mass is 16.5. The van der Waals surface area contributed by atoms with Crippen LogP contribution in [0.4, 0.5) is 0 Å². The van der Waals surface area contributed by atoms with Crippen LogP contribution in [0.5, 0.6) is 0 Å². The Bertz CT molecular complexity index is 1120. The molecule has 0 saturated carbocycles. The maximum absolute atomic E-state index is 13.4. The number of hydrogen-bond acceptors (Lipinski definition) is 6. The first-order valence-electron chi connectivity index (χ1n) is 10.4. The number of rotatable bonds is 6. The number of hydrogen-bond donors (Lipinski definition) is 2. The number of aromatic amines is 1. The van der Waals surface area contributed by atoms with Crippen molar-refractivity contribution in [2.75, 3.05) is 26.8 Å². The van der Waals surface area contributed by atoms with Crippen molar-refractivity contribution >= 4 is 11.8 Å². The Kier molecular flexibility index (Phi) is 6.04. The van der Waals surface area contributed by atoms with Crippen molar-refractivity contribution in [3.63, 3.8) is 0 Å². The average molecular weight is 438 g/mol. The molecule has 1 saturated heterocycles. The normalized spacial score (nSPS) is 18.2. The molecule has 2 aromatic heterocycles. The third-order valence-corrected chi connectivity index (χ3v) is 5.84. The smallest absolute Gasteiger partial charge is 0.257 e. The molecule has 0 spiro atoms. The average Bonchev–Trinajstić information content (AvgIpc) is 3.47. The first-order valence-corrected chi connectivity index (χ1v) is 10.4. The van der Waals surface area contributed by atoms with Gasteiger partial charge in [0.05, 0.1) is 23.2 Å². The molecule has 10 heteroatoms. The van der Waals surface area contributed by atoms with Crippen molar-refractivity contribution in [1.29, 1.82) is 0 Å². The van der Waals surface area contributed by atoms with Gasteiger partial charge in [0.25, 0.3) is 5.91 Å². The van der Waals surface area contributed by atoms with Crippen molar-refractivity contribution in [3.8, 4) is 11.4 Å². The van der Waals surface area contributed by atoms with Crippen molar-refractivity contribution < 1.29 is 14.3 Å². The zero-order valence-electron chi connectivity index (χ0n) is 18.6. The monoisotopic (exact) mass is 437 g/mol. The Morgan fingerprint density at radius 2 is 1.97 bits per heavy atom. The van der Waals surface area contributed by atoms with E-state index in [1.165, 1.54) is 7.11 Å². The van der Waals surface area contributed by atoms with Gasteiger partial charge in [0.2, 0.25) is 5.91 Å². The summed E-state index contributed by atoms with van der Waals surface area (Å²) in [5.74, 6) is 0.618. The van der Waals surface area contributed by atoms with Gasteiger partial charge in [-0.25, -0.2) is 4.98 Å².